The fourth-order valence-corrected chi connectivity index (χ4v) is 4.83. The van der Waals surface area contributed by atoms with Gasteiger partial charge in [0, 0.05) is 23.8 Å². The summed E-state index contributed by atoms with van der Waals surface area (Å²) in [5.41, 5.74) is 5.81. The number of rotatable bonds is 4. The zero-order chi connectivity index (χ0) is 23.9. The molecule has 1 aliphatic carbocycles. The minimum atomic E-state index is -0.241. The predicted octanol–water partition coefficient (Wildman–Crippen LogP) is 7.02. The number of methoxy groups -OCH3 is 1. The maximum atomic E-state index is 13.4. The van der Waals surface area contributed by atoms with Gasteiger partial charge in [0.15, 0.2) is 17.3 Å². The molecule has 174 valence electrons. The fourth-order valence-electron chi connectivity index (χ4n) is 4.83. The first kappa shape index (κ1) is 22.1. The number of carbonyl (C=O) groups excluding carboxylic acids is 1. The molecule has 1 atom stereocenters. The van der Waals surface area contributed by atoms with Crippen molar-refractivity contribution in [2.45, 2.75) is 39.7 Å². The summed E-state index contributed by atoms with van der Waals surface area (Å²) >= 11 is 0. The molecule has 5 rings (SSSR count). The topological polar surface area (TPSA) is 59.6 Å². The quantitative estimate of drug-likeness (QED) is 0.444. The van der Waals surface area contributed by atoms with E-state index in [2.05, 4.69) is 55.7 Å². The monoisotopic (exact) mass is 454 g/mol. The molecule has 0 spiro atoms. The van der Waals surface area contributed by atoms with Crippen molar-refractivity contribution in [3.8, 4) is 17.2 Å². The highest BCUT2D eigenvalue weighted by Gasteiger charge is 2.38. The third kappa shape index (κ3) is 4.26. The van der Waals surface area contributed by atoms with Gasteiger partial charge < -0.3 is 20.1 Å². The molecule has 0 radical (unpaired) electrons. The van der Waals surface area contributed by atoms with Crippen molar-refractivity contribution in [2.75, 3.05) is 17.7 Å². The Bertz CT molecular complexity index is 1270. The highest BCUT2D eigenvalue weighted by Crippen LogP contribution is 2.46. The molecular weight excluding hydrogens is 424 g/mol. The summed E-state index contributed by atoms with van der Waals surface area (Å²) in [6.07, 6.45) is 1.35. The molecule has 2 N–H and O–H groups in total. The number of anilines is 2. The third-order valence-corrected chi connectivity index (χ3v) is 6.49. The van der Waals surface area contributed by atoms with E-state index in [4.69, 9.17) is 9.47 Å². The summed E-state index contributed by atoms with van der Waals surface area (Å²) in [5.74, 6) is 2.20. The zero-order valence-electron chi connectivity index (χ0n) is 20.1. The number of para-hydroxylation sites is 2. The first-order chi connectivity index (χ1) is 16.3. The van der Waals surface area contributed by atoms with Crippen LogP contribution in [0.25, 0.3) is 0 Å². The molecule has 1 aliphatic heterocycles. The van der Waals surface area contributed by atoms with Crippen LogP contribution in [0.1, 0.15) is 43.9 Å². The van der Waals surface area contributed by atoms with Gasteiger partial charge in [0.2, 0.25) is 0 Å². The number of Topliss-reactive ketones (excluding diaryl/α,β-unsaturated/α-hetero) is 1. The van der Waals surface area contributed by atoms with Gasteiger partial charge in [-0.25, -0.2) is 0 Å². The number of nitrogens with one attached hydrogen (secondary N) is 2. The fraction of sp³-hybridized carbons (Fsp3) is 0.276. The van der Waals surface area contributed by atoms with Crippen molar-refractivity contribution < 1.29 is 14.3 Å². The van der Waals surface area contributed by atoms with Crippen LogP contribution < -0.4 is 20.1 Å². The van der Waals surface area contributed by atoms with Gasteiger partial charge in [0.1, 0.15) is 5.75 Å². The first-order valence-electron chi connectivity index (χ1n) is 11.6. The molecule has 5 nitrogen and oxygen atoms in total. The zero-order valence-corrected chi connectivity index (χ0v) is 20.1. The largest absolute Gasteiger partial charge is 0.493 e. The van der Waals surface area contributed by atoms with Crippen molar-refractivity contribution >= 4 is 17.2 Å². The van der Waals surface area contributed by atoms with Crippen LogP contribution >= 0.6 is 0 Å². The summed E-state index contributed by atoms with van der Waals surface area (Å²) in [5, 5.41) is 7.24. The molecule has 0 saturated heterocycles. The number of fused-ring (bicyclic) bond motifs is 1. The van der Waals surface area contributed by atoms with E-state index in [0.717, 1.165) is 34.6 Å². The van der Waals surface area contributed by atoms with Crippen LogP contribution in [-0.2, 0) is 4.79 Å². The van der Waals surface area contributed by atoms with Crippen LogP contribution in [0, 0.1) is 12.3 Å². The van der Waals surface area contributed by atoms with E-state index in [1.165, 1.54) is 5.56 Å². The molecule has 2 aliphatic rings. The Hall–Kier alpha value is -3.73. The first-order valence-corrected chi connectivity index (χ1v) is 11.6. The number of benzene rings is 3. The maximum absolute atomic E-state index is 13.4. The van der Waals surface area contributed by atoms with Crippen molar-refractivity contribution in [1.82, 2.24) is 0 Å². The van der Waals surface area contributed by atoms with E-state index in [0.29, 0.717) is 23.7 Å². The van der Waals surface area contributed by atoms with E-state index in [-0.39, 0.29) is 17.2 Å². The van der Waals surface area contributed by atoms with Crippen LogP contribution in [0.4, 0.5) is 11.4 Å². The van der Waals surface area contributed by atoms with Crippen LogP contribution in [0.5, 0.6) is 17.2 Å². The molecule has 0 fully saturated rings. The predicted molar refractivity (Wildman–Crippen MR) is 136 cm³/mol. The number of ketones is 1. The second-order valence-electron chi connectivity index (χ2n) is 9.91. The van der Waals surface area contributed by atoms with Crippen molar-refractivity contribution in [3.63, 3.8) is 0 Å². The Kier molecular flexibility index (Phi) is 5.56. The molecule has 5 heteroatoms. The standard InChI is InChI=1S/C29H30N2O3/c1-18-9-11-19(12-10-18)28-27-23(16-29(2,3)17-24(27)32)30-21-14-13-20(15-22(21)31-28)34-26-8-6-5-7-25(26)33-4/h5-15,28,30-31H,16-17H2,1-4H3. The Morgan fingerprint density at radius 2 is 1.65 bits per heavy atom. The SMILES string of the molecule is COc1ccccc1Oc1ccc2c(c1)NC(c1ccc(C)cc1)C1=C(CC(C)(C)CC1=O)N2. The molecule has 1 unspecified atom stereocenters. The van der Waals surface area contributed by atoms with Crippen LogP contribution in [-0.4, -0.2) is 12.9 Å². The molecular formula is C29H30N2O3. The molecule has 3 aromatic rings. The summed E-state index contributed by atoms with van der Waals surface area (Å²) < 4.78 is 11.6. The number of carbonyl (C=O) groups is 1. The number of ether oxygens (including phenoxy) is 2. The van der Waals surface area contributed by atoms with Crippen molar-refractivity contribution in [1.29, 1.82) is 0 Å². The molecule has 0 saturated carbocycles. The summed E-state index contributed by atoms with van der Waals surface area (Å²) in [7, 11) is 1.63. The highest BCUT2D eigenvalue weighted by atomic mass is 16.5. The van der Waals surface area contributed by atoms with Crippen molar-refractivity contribution in [2.24, 2.45) is 5.41 Å². The molecule has 0 bridgehead atoms. The molecule has 0 amide bonds. The lowest BCUT2D eigenvalue weighted by Gasteiger charge is -2.34. The van der Waals surface area contributed by atoms with Gasteiger partial charge in [-0.1, -0.05) is 55.8 Å². The number of hydrogen-bond donors (Lipinski definition) is 2. The minimum absolute atomic E-state index is 0.0852. The lowest BCUT2D eigenvalue weighted by atomic mass is 9.73. The summed E-state index contributed by atoms with van der Waals surface area (Å²) in [6.45, 7) is 6.38. The molecule has 1 heterocycles. The average molecular weight is 455 g/mol. The van der Waals surface area contributed by atoms with Gasteiger partial charge in [0.05, 0.1) is 24.5 Å². The second-order valence-corrected chi connectivity index (χ2v) is 9.91. The summed E-state index contributed by atoms with van der Waals surface area (Å²) in [4.78, 5) is 13.4. The van der Waals surface area contributed by atoms with Gasteiger partial charge in [0.25, 0.3) is 0 Å². The molecule has 34 heavy (non-hydrogen) atoms. The van der Waals surface area contributed by atoms with Crippen LogP contribution in [0.2, 0.25) is 0 Å². The lowest BCUT2D eigenvalue weighted by Crippen LogP contribution is -2.31. The van der Waals surface area contributed by atoms with Crippen LogP contribution in [0.3, 0.4) is 0 Å². The van der Waals surface area contributed by atoms with Gasteiger partial charge in [-0.2, -0.15) is 0 Å². The minimum Gasteiger partial charge on any atom is -0.493 e. The van der Waals surface area contributed by atoms with Gasteiger partial charge in [-0.05, 0) is 48.6 Å². The van der Waals surface area contributed by atoms with Crippen LogP contribution in [0.15, 0.2) is 78.0 Å². The number of aryl methyl sites for hydroxylation is 1. The molecule has 0 aromatic heterocycles. The summed E-state index contributed by atoms with van der Waals surface area (Å²) in [6, 6.07) is 21.6. The lowest BCUT2D eigenvalue weighted by molar-refractivity contribution is -0.118. The Labute approximate surface area is 200 Å². The number of allylic oxidation sites excluding steroid dienone is 1. The smallest absolute Gasteiger partial charge is 0.169 e. The van der Waals surface area contributed by atoms with E-state index in [9.17, 15) is 4.79 Å². The molecule has 3 aromatic carbocycles. The van der Waals surface area contributed by atoms with Crippen molar-refractivity contribution in [3.05, 3.63) is 89.1 Å². The van der Waals surface area contributed by atoms with Gasteiger partial charge in [-0.3, -0.25) is 4.79 Å². The van der Waals surface area contributed by atoms with Gasteiger partial charge >= 0.3 is 0 Å². The Morgan fingerprint density at radius 1 is 0.912 bits per heavy atom. The third-order valence-electron chi connectivity index (χ3n) is 6.49. The number of hydrogen-bond acceptors (Lipinski definition) is 5. The second kappa shape index (κ2) is 8.56. The highest BCUT2D eigenvalue weighted by molar-refractivity contribution is 6.01. The van der Waals surface area contributed by atoms with E-state index in [1.54, 1.807) is 7.11 Å². The van der Waals surface area contributed by atoms with E-state index in [1.807, 2.05) is 42.5 Å². The maximum Gasteiger partial charge on any atom is 0.169 e. The van der Waals surface area contributed by atoms with Gasteiger partial charge in [-0.15, -0.1) is 0 Å². The Balaban J connectivity index is 1.56. The van der Waals surface area contributed by atoms with E-state index >= 15 is 0 Å². The average Bonchev–Trinajstić information content (AvgIpc) is 2.95. The van der Waals surface area contributed by atoms with E-state index < -0.39 is 0 Å². The normalized spacial score (nSPS) is 18.7. The Morgan fingerprint density at radius 3 is 2.38 bits per heavy atom.